The Morgan fingerprint density at radius 2 is 1.92 bits per heavy atom. The molecule has 0 fully saturated rings. The van der Waals surface area contributed by atoms with Crippen LogP contribution in [0.1, 0.15) is 34.1 Å². The molecule has 0 aromatic rings. The van der Waals surface area contributed by atoms with E-state index in [1.807, 2.05) is 0 Å². The van der Waals surface area contributed by atoms with Gasteiger partial charge >= 0.3 is 0 Å². The smallest absolute Gasteiger partial charge is 0.155 e. The summed E-state index contributed by atoms with van der Waals surface area (Å²) in [6.07, 6.45) is 5.70. The molecule has 0 aromatic heterocycles. The molecule has 0 saturated heterocycles. The topological polar surface area (TPSA) is 3.01 Å². The maximum absolute atomic E-state index is 2.32. The maximum Gasteiger partial charge on any atom is 0.155 e. The summed E-state index contributed by atoms with van der Waals surface area (Å²) in [7, 11) is 4.24. The highest BCUT2D eigenvalue weighted by molar-refractivity contribution is 5.81. The van der Waals surface area contributed by atoms with Gasteiger partial charge in [0.25, 0.3) is 0 Å². The molecule has 0 spiro atoms. The second-order valence-electron chi connectivity index (χ2n) is 3.97. The van der Waals surface area contributed by atoms with Gasteiger partial charge < -0.3 is 0 Å². The minimum atomic E-state index is 0.602. The third-order valence-corrected chi connectivity index (χ3v) is 2.84. The van der Waals surface area contributed by atoms with E-state index in [1.165, 1.54) is 12.1 Å². The van der Waals surface area contributed by atoms with Gasteiger partial charge in [0, 0.05) is 6.92 Å². The lowest BCUT2D eigenvalue weighted by Crippen LogP contribution is -2.24. The Morgan fingerprint density at radius 3 is 2.23 bits per heavy atom. The fourth-order valence-corrected chi connectivity index (χ4v) is 1.50. The van der Waals surface area contributed by atoms with E-state index in [4.69, 9.17) is 0 Å². The molecule has 0 aliphatic rings. The molecule has 0 heterocycles. The van der Waals surface area contributed by atoms with Crippen LogP contribution in [-0.4, -0.2) is 24.4 Å². The van der Waals surface area contributed by atoms with Crippen molar-refractivity contribution in [2.45, 2.75) is 34.1 Å². The summed E-state index contributed by atoms with van der Waals surface area (Å²) in [5.41, 5.74) is 1.45. The van der Waals surface area contributed by atoms with Crippen LogP contribution in [-0.2, 0) is 0 Å². The van der Waals surface area contributed by atoms with Gasteiger partial charge in [0.2, 0.25) is 0 Å². The molecule has 0 N–H and O–H groups in total. The van der Waals surface area contributed by atoms with E-state index < -0.39 is 0 Å². The number of allylic oxidation sites excluding steroid dienone is 2. The Kier molecular flexibility index (Phi) is 5.68. The normalized spacial score (nSPS) is 15.8. The molecular formula is C12H24N+. The summed E-state index contributed by atoms with van der Waals surface area (Å²) in [6.45, 7) is 8.89. The Hall–Kier alpha value is -0.590. The quantitative estimate of drug-likeness (QED) is 0.357. The van der Waals surface area contributed by atoms with E-state index >= 15 is 0 Å². The molecule has 2 unspecified atom stereocenters. The monoisotopic (exact) mass is 182 g/mol. The molecule has 1 nitrogen and oxygen atoms in total. The zero-order valence-electron chi connectivity index (χ0n) is 9.96. The van der Waals surface area contributed by atoms with Crippen LogP contribution in [0.3, 0.4) is 0 Å². The molecular weight excluding hydrogens is 158 g/mol. The first kappa shape index (κ1) is 12.4. The van der Waals surface area contributed by atoms with Gasteiger partial charge in [-0.05, 0) is 12.8 Å². The summed E-state index contributed by atoms with van der Waals surface area (Å²) in [5, 5.41) is 0. The average Bonchev–Trinajstić information content (AvgIpc) is 2.11. The molecule has 1 heteroatoms. The van der Waals surface area contributed by atoms with Crippen molar-refractivity contribution in [3.05, 3.63) is 12.2 Å². The second kappa shape index (κ2) is 5.95. The first-order valence-electron chi connectivity index (χ1n) is 5.18. The van der Waals surface area contributed by atoms with Crippen LogP contribution in [0.4, 0.5) is 0 Å². The van der Waals surface area contributed by atoms with Crippen LogP contribution in [0.25, 0.3) is 0 Å². The lowest BCUT2D eigenvalue weighted by atomic mass is 9.87. The van der Waals surface area contributed by atoms with Crippen LogP contribution in [0.15, 0.2) is 12.2 Å². The zero-order chi connectivity index (χ0) is 10.4. The largest absolute Gasteiger partial charge is 0.242 e. The van der Waals surface area contributed by atoms with Gasteiger partial charge in [0.1, 0.15) is 14.1 Å². The van der Waals surface area contributed by atoms with Crippen molar-refractivity contribution in [1.82, 2.24) is 0 Å². The van der Waals surface area contributed by atoms with Crippen LogP contribution >= 0.6 is 0 Å². The van der Waals surface area contributed by atoms with Gasteiger partial charge in [0.05, 0.1) is 5.92 Å². The van der Waals surface area contributed by atoms with Gasteiger partial charge in [-0.2, -0.15) is 0 Å². The van der Waals surface area contributed by atoms with Crippen molar-refractivity contribution in [2.24, 2.45) is 11.8 Å². The summed E-state index contributed by atoms with van der Waals surface area (Å²) in [6, 6.07) is 0. The molecule has 76 valence electrons. The lowest BCUT2D eigenvalue weighted by molar-refractivity contribution is -0.467. The Labute approximate surface area is 83.2 Å². The molecule has 0 aliphatic carbocycles. The van der Waals surface area contributed by atoms with Gasteiger partial charge in [-0.1, -0.05) is 32.4 Å². The molecule has 0 amide bonds. The molecule has 0 rings (SSSR count). The predicted molar refractivity (Wildman–Crippen MR) is 60.5 cm³/mol. The van der Waals surface area contributed by atoms with Crippen molar-refractivity contribution in [3.63, 3.8) is 0 Å². The van der Waals surface area contributed by atoms with Crippen molar-refractivity contribution in [2.75, 3.05) is 14.1 Å². The van der Waals surface area contributed by atoms with Crippen LogP contribution in [0.5, 0.6) is 0 Å². The fourth-order valence-electron chi connectivity index (χ4n) is 1.50. The second-order valence-corrected chi connectivity index (χ2v) is 3.97. The highest BCUT2D eigenvalue weighted by atomic mass is 14.9. The molecule has 0 aliphatic heterocycles. The predicted octanol–water partition coefficient (Wildman–Crippen LogP) is 2.96. The van der Waals surface area contributed by atoms with Crippen LogP contribution in [0, 0.1) is 11.8 Å². The maximum atomic E-state index is 2.32. The highest BCUT2D eigenvalue weighted by Crippen LogP contribution is 2.18. The van der Waals surface area contributed by atoms with Gasteiger partial charge in [-0.15, -0.1) is 0 Å². The number of hydrogen-bond donors (Lipinski definition) is 0. The van der Waals surface area contributed by atoms with Crippen molar-refractivity contribution in [1.29, 1.82) is 0 Å². The average molecular weight is 182 g/mol. The van der Waals surface area contributed by atoms with Crippen LogP contribution in [0.2, 0.25) is 0 Å². The van der Waals surface area contributed by atoms with E-state index in [2.05, 4.69) is 58.5 Å². The lowest BCUT2D eigenvalue weighted by Gasteiger charge is -2.17. The van der Waals surface area contributed by atoms with Crippen LogP contribution < -0.4 is 0 Å². The molecule has 0 radical (unpaired) electrons. The minimum Gasteiger partial charge on any atom is -0.242 e. The van der Waals surface area contributed by atoms with E-state index in [0.717, 1.165) is 5.92 Å². The zero-order valence-corrected chi connectivity index (χ0v) is 9.96. The molecule has 0 saturated carbocycles. The van der Waals surface area contributed by atoms with Gasteiger partial charge in [-0.3, -0.25) is 0 Å². The van der Waals surface area contributed by atoms with E-state index in [1.54, 1.807) is 0 Å². The fraction of sp³-hybridized carbons (Fsp3) is 0.750. The van der Waals surface area contributed by atoms with Crippen molar-refractivity contribution < 1.29 is 4.58 Å². The summed E-state index contributed by atoms with van der Waals surface area (Å²) in [5.74, 6) is 1.34. The minimum absolute atomic E-state index is 0.602. The summed E-state index contributed by atoms with van der Waals surface area (Å²) < 4.78 is 2.22. The summed E-state index contributed by atoms with van der Waals surface area (Å²) in [4.78, 5) is 0. The van der Waals surface area contributed by atoms with E-state index in [-0.39, 0.29) is 0 Å². The Balaban J connectivity index is 4.71. The first-order chi connectivity index (χ1) is 6.04. The van der Waals surface area contributed by atoms with Gasteiger partial charge in [0.15, 0.2) is 5.71 Å². The number of nitrogens with zero attached hydrogens (tertiary/aromatic N) is 1. The SMILES string of the molecule is CC=CC(C(C)=[N+](C)C)C(C)CC. The Morgan fingerprint density at radius 1 is 1.38 bits per heavy atom. The molecule has 0 aromatic carbocycles. The van der Waals surface area contributed by atoms with Crippen molar-refractivity contribution >= 4 is 5.71 Å². The third-order valence-electron chi connectivity index (χ3n) is 2.84. The number of rotatable bonds is 4. The third kappa shape index (κ3) is 3.75. The molecule has 2 atom stereocenters. The van der Waals surface area contributed by atoms with E-state index in [0.29, 0.717) is 5.92 Å². The molecule has 13 heavy (non-hydrogen) atoms. The van der Waals surface area contributed by atoms with Crippen molar-refractivity contribution in [3.8, 4) is 0 Å². The standard InChI is InChI=1S/C12H24N/c1-7-9-12(10(3)8-2)11(4)13(5)6/h7,9-10,12H,8H2,1-6H3/q+1. The Bertz CT molecular complexity index is 197. The van der Waals surface area contributed by atoms with Gasteiger partial charge in [-0.25, -0.2) is 4.58 Å². The number of hydrogen-bond acceptors (Lipinski definition) is 0. The van der Waals surface area contributed by atoms with E-state index in [9.17, 15) is 0 Å². The summed E-state index contributed by atoms with van der Waals surface area (Å²) >= 11 is 0. The molecule has 0 bridgehead atoms. The highest BCUT2D eigenvalue weighted by Gasteiger charge is 2.20. The first-order valence-corrected chi connectivity index (χ1v) is 5.18.